The average Bonchev–Trinajstić information content (AvgIpc) is 2.84. The van der Waals surface area contributed by atoms with Crippen molar-refractivity contribution in [3.63, 3.8) is 0 Å². The largest absolute Gasteiger partial charge is 0.465 e. The Morgan fingerprint density at radius 2 is 2.47 bits per heavy atom. The fourth-order valence-corrected chi connectivity index (χ4v) is 2.31. The number of carbonyl (C=O) groups excluding carboxylic acids is 2. The Balaban J connectivity index is 2.19. The Hall–Kier alpha value is -1.43. The molecule has 1 amide bonds. The van der Waals surface area contributed by atoms with Gasteiger partial charge in [0.2, 0.25) is 5.91 Å². The number of anilines is 1. The molecule has 0 N–H and O–H groups in total. The van der Waals surface area contributed by atoms with Gasteiger partial charge in [-0.3, -0.25) is 9.69 Å². The van der Waals surface area contributed by atoms with Crippen molar-refractivity contribution in [2.24, 2.45) is 0 Å². The van der Waals surface area contributed by atoms with Gasteiger partial charge in [-0.25, -0.2) is 9.78 Å². The fraction of sp³-hybridized carbons (Fsp3) is 0.444. The first-order valence-electron chi connectivity index (χ1n) is 4.57. The number of rotatable bonds is 2. The highest BCUT2D eigenvalue weighted by molar-refractivity contribution is 7.17. The van der Waals surface area contributed by atoms with E-state index in [1.165, 1.54) is 24.6 Å². The van der Waals surface area contributed by atoms with Crippen LogP contribution in [0, 0.1) is 0 Å². The molecule has 1 aromatic heterocycles. The van der Waals surface area contributed by atoms with Crippen LogP contribution in [0.3, 0.4) is 0 Å². The summed E-state index contributed by atoms with van der Waals surface area (Å²) in [7, 11) is 1.32. The number of methoxy groups -OCH3 is 1. The smallest absolute Gasteiger partial charge is 0.349 e. The molecule has 6 heteroatoms. The molecule has 1 aliphatic heterocycles. The van der Waals surface area contributed by atoms with Gasteiger partial charge in [0.05, 0.1) is 13.3 Å². The summed E-state index contributed by atoms with van der Waals surface area (Å²) in [5, 5.41) is 0.581. The molecule has 2 heterocycles. The molecule has 1 aliphatic rings. The minimum absolute atomic E-state index is 0.0702. The monoisotopic (exact) mass is 226 g/mol. The highest BCUT2D eigenvalue weighted by Crippen LogP contribution is 2.26. The number of amides is 1. The summed E-state index contributed by atoms with van der Waals surface area (Å²) in [5.41, 5.74) is 0. The highest BCUT2D eigenvalue weighted by atomic mass is 32.1. The SMILES string of the molecule is COC(=O)c1cnc(N2CCCC2=O)s1. The topological polar surface area (TPSA) is 59.5 Å². The molecule has 0 spiro atoms. The summed E-state index contributed by atoms with van der Waals surface area (Å²) in [6, 6.07) is 0. The Bertz CT molecular complexity index is 402. The van der Waals surface area contributed by atoms with E-state index in [4.69, 9.17) is 0 Å². The summed E-state index contributed by atoms with van der Waals surface area (Å²) >= 11 is 1.19. The maximum atomic E-state index is 11.4. The molecule has 0 bridgehead atoms. The lowest BCUT2D eigenvalue weighted by molar-refractivity contribution is -0.117. The normalized spacial score (nSPS) is 15.8. The van der Waals surface area contributed by atoms with Crippen LogP contribution in [0.2, 0.25) is 0 Å². The van der Waals surface area contributed by atoms with E-state index in [0.717, 1.165) is 6.42 Å². The van der Waals surface area contributed by atoms with E-state index in [1.54, 1.807) is 4.90 Å². The minimum Gasteiger partial charge on any atom is -0.465 e. The molecule has 0 unspecified atom stereocenters. The van der Waals surface area contributed by atoms with Gasteiger partial charge >= 0.3 is 5.97 Å². The second kappa shape index (κ2) is 3.98. The van der Waals surface area contributed by atoms with Crippen LogP contribution >= 0.6 is 11.3 Å². The van der Waals surface area contributed by atoms with Gasteiger partial charge in [0.15, 0.2) is 5.13 Å². The fourth-order valence-electron chi connectivity index (χ4n) is 1.44. The Morgan fingerprint density at radius 3 is 3.07 bits per heavy atom. The van der Waals surface area contributed by atoms with Gasteiger partial charge in [-0.15, -0.1) is 0 Å². The first-order chi connectivity index (χ1) is 7.22. The predicted octanol–water partition coefficient (Wildman–Crippen LogP) is 1.06. The molecule has 1 saturated heterocycles. The molecule has 15 heavy (non-hydrogen) atoms. The second-order valence-electron chi connectivity index (χ2n) is 3.15. The molecule has 80 valence electrons. The third kappa shape index (κ3) is 1.85. The van der Waals surface area contributed by atoms with Gasteiger partial charge in [0.1, 0.15) is 4.88 Å². The molecule has 5 nitrogen and oxygen atoms in total. The third-order valence-electron chi connectivity index (χ3n) is 2.18. The molecule has 0 radical (unpaired) electrons. The van der Waals surface area contributed by atoms with Crippen LogP contribution in [0.25, 0.3) is 0 Å². The average molecular weight is 226 g/mol. The standard InChI is InChI=1S/C9H10N2O3S/c1-14-8(13)6-5-10-9(15-6)11-4-2-3-7(11)12/h5H,2-4H2,1H3. The van der Waals surface area contributed by atoms with Gasteiger partial charge in [0, 0.05) is 13.0 Å². The van der Waals surface area contributed by atoms with Crippen LogP contribution < -0.4 is 4.90 Å². The van der Waals surface area contributed by atoms with Crippen molar-refractivity contribution in [1.82, 2.24) is 4.98 Å². The molecular weight excluding hydrogens is 216 g/mol. The Morgan fingerprint density at radius 1 is 1.67 bits per heavy atom. The van der Waals surface area contributed by atoms with E-state index in [9.17, 15) is 9.59 Å². The van der Waals surface area contributed by atoms with E-state index >= 15 is 0 Å². The zero-order valence-corrected chi connectivity index (χ0v) is 9.04. The van der Waals surface area contributed by atoms with Crippen LogP contribution in [-0.4, -0.2) is 30.5 Å². The van der Waals surface area contributed by atoms with Crippen LogP contribution in [0.5, 0.6) is 0 Å². The molecule has 1 aromatic rings. The minimum atomic E-state index is -0.412. The van der Waals surface area contributed by atoms with Crippen molar-refractivity contribution in [3.05, 3.63) is 11.1 Å². The van der Waals surface area contributed by atoms with Gasteiger partial charge in [0.25, 0.3) is 0 Å². The number of ether oxygens (including phenoxy) is 1. The van der Waals surface area contributed by atoms with Gasteiger partial charge in [-0.2, -0.15) is 0 Å². The second-order valence-corrected chi connectivity index (χ2v) is 4.16. The number of hydrogen-bond donors (Lipinski definition) is 0. The first-order valence-corrected chi connectivity index (χ1v) is 5.38. The van der Waals surface area contributed by atoms with Crippen molar-refractivity contribution >= 4 is 28.3 Å². The summed E-state index contributed by atoms with van der Waals surface area (Å²) in [4.78, 5) is 28.6. The number of nitrogens with zero attached hydrogens (tertiary/aromatic N) is 2. The van der Waals surface area contributed by atoms with Gasteiger partial charge < -0.3 is 4.74 Å². The van der Waals surface area contributed by atoms with Crippen LogP contribution in [0.1, 0.15) is 22.5 Å². The summed E-state index contributed by atoms with van der Waals surface area (Å²) in [6.45, 7) is 0.687. The van der Waals surface area contributed by atoms with E-state index in [1.807, 2.05) is 0 Å². The number of esters is 1. The lowest BCUT2D eigenvalue weighted by Gasteiger charge is -2.09. The first kappa shape index (κ1) is 10.1. The number of aromatic nitrogens is 1. The quantitative estimate of drug-likeness (QED) is 0.707. The zero-order valence-electron chi connectivity index (χ0n) is 8.23. The molecule has 0 saturated carbocycles. The zero-order chi connectivity index (χ0) is 10.8. The maximum Gasteiger partial charge on any atom is 0.349 e. The number of thiazole rings is 1. The van der Waals surface area contributed by atoms with Crippen molar-refractivity contribution < 1.29 is 14.3 Å². The van der Waals surface area contributed by atoms with Crippen molar-refractivity contribution in [1.29, 1.82) is 0 Å². The predicted molar refractivity (Wildman–Crippen MR) is 55.0 cm³/mol. The third-order valence-corrected chi connectivity index (χ3v) is 3.18. The van der Waals surface area contributed by atoms with Crippen molar-refractivity contribution in [2.45, 2.75) is 12.8 Å². The molecule has 2 rings (SSSR count). The van der Waals surface area contributed by atoms with Crippen molar-refractivity contribution in [2.75, 3.05) is 18.6 Å². The maximum absolute atomic E-state index is 11.4. The van der Waals surface area contributed by atoms with Crippen LogP contribution in [-0.2, 0) is 9.53 Å². The summed E-state index contributed by atoms with van der Waals surface area (Å²) < 4.78 is 4.57. The molecule has 0 aromatic carbocycles. The Labute approximate surface area is 90.7 Å². The van der Waals surface area contributed by atoms with E-state index in [0.29, 0.717) is 23.0 Å². The van der Waals surface area contributed by atoms with E-state index < -0.39 is 5.97 Å². The summed E-state index contributed by atoms with van der Waals surface area (Å²) in [6.07, 6.45) is 2.86. The van der Waals surface area contributed by atoms with Crippen LogP contribution in [0.4, 0.5) is 5.13 Å². The lowest BCUT2D eigenvalue weighted by Crippen LogP contribution is -2.23. The highest BCUT2D eigenvalue weighted by Gasteiger charge is 2.25. The van der Waals surface area contributed by atoms with E-state index in [-0.39, 0.29) is 5.91 Å². The van der Waals surface area contributed by atoms with Crippen LogP contribution in [0.15, 0.2) is 6.20 Å². The van der Waals surface area contributed by atoms with Gasteiger partial charge in [-0.1, -0.05) is 11.3 Å². The molecule has 1 fully saturated rings. The molecule has 0 aliphatic carbocycles. The number of hydrogen-bond acceptors (Lipinski definition) is 5. The van der Waals surface area contributed by atoms with Gasteiger partial charge in [-0.05, 0) is 6.42 Å². The summed E-state index contributed by atoms with van der Waals surface area (Å²) in [5.74, 6) is -0.342. The van der Waals surface area contributed by atoms with Crippen molar-refractivity contribution in [3.8, 4) is 0 Å². The molecular formula is C9H10N2O3S. The lowest BCUT2D eigenvalue weighted by atomic mass is 10.4. The molecule has 0 atom stereocenters. The van der Waals surface area contributed by atoms with E-state index in [2.05, 4.69) is 9.72 Å². The number of carbonyl (C=O) groups is 2. The Kier molecular flexibility index (Phi) is 2.68.